The zero-order chi connectivity index (χ0) is 3.54. The highest BCUT2D eigenvalue weighted by molar-refractivity contribution is 8.04. The summed E-state index contributed by atoms with van der Waals surface area (Å²) < 4.78 is 4.48. The Morgan fingerprint density at radius 1 is 1.80 bits per heavy atom. The van der Waals surface area contributed by atoms with Crippen LogP contribution in [0.1, 0.15) is 0 Å². The van der Waals surface area contributed by atoms with Crippen molar-refractivity contribution >= 4 is 11.8 Å². The molecule has 0 aromatic heterocycles. The van der Waals surface area contributed by atoms with Crippen LogP contribution in [0.15, 0.2) is 11.7 Å². The maximum Gasteiger partial charge on any atom is 0.266 e. The van der Waals surface area contributed by atoms with Crippen LogP contribution in [0, 0.1) is 5.94 Å². The maximum absolute atomic E-state index is 4.48. The van der Waals surface area contributed by atoms with E-state index in [9.17, 15) is 0 Å². The summed E-state index contributed by atoms with van der Waals surface area (Å²) in [7, 11) is 0. The number of hydrogen-bond donors (Lipinski definition) is 0. The van der Waals surface area contributed by atoms with Gasteiger partial charge in [-0.1, -0.05) is 11.8 Å². The van der Waals surface area contributed by atoms with E-state index in [0.29, 0.717) is 0 Å². The molecule has 0 aliphatic carbocycles. The summed E-state index contributed by atoms with van der Waals surface area (Å²) in [5.74, 6) is 2.53. The van der Waals surface area contributed by atoms with E-state index in [1.165, 1.54) is 11.8 Å². The van der Waals surface area contributed by atoms with Crippen LogP contribution in [0.2, 0.25) is 0 Å². The van der Waals surface area contributed by atoms with E-state index in [0.717, 1.165) is 0 Å². The minimum Gasteiger partial charge on any atom is -0.472 e. The summed E-state index contributed by atoms with van der Waals surface area (Å²) in [6, 6.07) is 0. The van der Waals surface area contributed by atoms with Gasteiger partial charge < -0.3 is 4.74 Å². The molecule has 1 aliphatic rings. The molecule has 0 aromatic rings. The molecule has 0 aromatic carbocycles. The summed E-state index contributed by atoms with van der Waals surface area (Å²) in [6.45, 7) is 0. The second-order valence-corrected chi connectivity index (χ2v) is 1.27. The molecular weight excluding hydrogens is 84.1 g/mol. The largest absolute Gasteiger partial charge is 0.472 e. The zero-order valence-corrected chi connectivity index (χ0v) is 3.29. The molecule has 0 amide bonds. The Bertz CT molecular complexity index is 44.9. The first-order valence-corrected chi connectivity index (χ1v) is 2.09. The van der Waals surface area contributed by atoms with Crippen LogP contribution in [0.25, 0.3) is 0 Å². The van der Waals surface area contributed by atoms with E-state index in [4.69, 9.17) is 0 Å². The molecular formula is C3H2OS. The van der Waals surface area contributed by atoms with E-state index in [2.05, 4.69) is 10.7 Å². The van der Waals surface area contributed by atoms with Crippen LogP contribution in [-0.2, 0) is 4.74 Å². The second kappa shape index (κ2) is 1.36. The quantitative estimate of drug-likeness (QED) is 0.438. The second-order valence-electron chi connectivity index (χ2n) is 0.591. The van der Waals surface area contributed by atoms with Crippen molar-refractivity contribution in [3.8, 4) is 0 Å². The Balaban J connectivity index is 2.32. The predicted molar refractivity (Wildman–Crippen MR) is 21.1 cm³/mol. The van der Waals surface area contributed by atoms with Crippen LogP contribution < -0.4 is 0 Å². The summed E-state index contributed by atoms with van der Waals surface area (Å²) in [5, 5.41) is 1.82. The minimum absolute atomic E-state index is 1.42. The number of rotatable bonds is 0. The first-order valence-electron chi connectivity index (χ1n) is 1.21. The molecule has 0 spiro atoms. The Kier molecular flexibility index (Phi) is 0.841. The van der Waals surface area contributed by atoms with Crippen LogP contribution in [0.4, 0.5) is 0 Å². The van der Waals surface area contributed by atoms with Crippen molar-refractivity contribution in [2.24, 2.45) is 0 Å². The minimum atomic E-state index is 1.42. The van der Waals surface area contributed by atoms with Crippen molar-refractivity contribution in [2.75, 3.05) is 0 Å². The molecule has 5 heavy (non-hydrogen) atoms. The van der Waals surface area contributed by atoms with Gasteiger partial charge in [-0.05, 0) is 0 Å². The summed E-state index contributed by atoms with van der Waals surface area (Å²) in [5.41, 5.74) is 0. The SMILES string of the molecule is [C]1OC=CS1. The normalized spacial score (nSPS) is 19.2. The highest BCUT2D eigenvalue weighted by atomic mass is 32.2. The Hall–Kier alpha value is -0.110. The number of thioether (sulfide) groups is 1. The lowest BCUT2D eigenvalue weighted by Crippen LogP contribution is -1.53. The molecule has 0 N–H and O–H groups in total. The van der Waals surface area contributed by atoms with Crippen LogP contribution in [-0.4, -0.2) is 0 Å². The van der Waals surface area contributed by atoms with Crippen LogP contribution in [0.3, 0.4) is 0 Å². The lowest BCUT2D eigenvalue weighted by Gasteiger charge is -1.74. The number of hydrogen-bond acceptors (Lipinski definition) is 2. The first kappa shape index (κ1) is 3.09. The molecule has 0 saturated carbocycles. The molecule has 2 heteroatoms. The topological polar surface area (TPSA) is 9.23 Å². The highest BCUT2D eigenvalue weighted by Gasteiger charge is 1.88. The molecule has 1 rings (SSSR count). The van der Waals surface area contributed by atoms with E-state index in [1.807, 2.05) is 5.41 Å². The van der Waals surface area contributed by atoms with Gasteiger partial charge in [0, 0.05) is 5.41 Å². The lowest BCUT2D eigenvalue weighted by atomic mass is 11.1. The molecule has 1 heterocycles. The third-order valence-corrected chi connectivity index (χ3v) is 0.728. The smallest absolute Gasteiger partial charge is 0.266 e. The van der Waals surface area contributed by atoms with Crippen molar-refractivity contribution in [1.29, 1.82) is 0 Å². The van der Waals surface area contributed by atoms with E-state index in [-0.39, 0.29) is 0 Å². The van der Waals surface area contributed by atoms with Crippen LogP contribution >= 0.6 is 11.8 Å². The fourth-order valence-electron chi connectivity index (χ4n) is 0.139. The van der Waals surface area contributed by atoms with Gasteiger partial charge in [0.05, 0.1) is 6.26 Å². The summed E-state index contributed by atoms with van der Waals surface area (Å²) >= 11 is 1.42. The third kappa shape index (κ3) is 0.581. The fraction of sp³-hybridized carbons (Fsp3) is 0. The van der Waals surface area contributed by atoms with E-state index in [1.54, 1.807) is 6.26 Å². The molecule has 0 fully saturated rings. The molecule has 0 bridgehead atoms. The van der Waals surface area contributed by atoms with Gasteiger partial charge in [0.1, 0.15) is 0 Å². The third-order valence-electron chi connectivity index (χ3n) is 0.288. The predicted octanol–water partition coefficient (Wildman–Crippen LogP) is 1.22. The molecule has 1 nitrogen and oxygen atoms in total. The fourth-order valence-corrected chi connectivity index (χ4v) is 0.417. The van der Waals surface area contributed by atoms with E-state index < -0.39 is 0 Å². The van der Waals surface area contributed by atoms with Crippen molar-refractivity contribution < 1.29 is 4.74 Å². The standard InChI is InChI=1S/C3H2OS/c1-2-5-3-4-1/h1-2H. The average Bonchev–Trinajstić information content (AvgIpc) is 1.76. The summed E-state index contributed by atoms with van der Waals surface area (Å²) in [4.78, 5) is 0. The Labute approximate surface area is 35.0 Å². The highest BCUT2D eigenvalue weighted by Crippen LogP contribution is 2.14. The molecule has 2 radical (unpaired) electrons. The van der Waals surface area contributed by atoms with Gasteiger partial charge >= 0.3 is 0 Å². The Morgan fingerprint density at radius 2 is 2.80 bits per heavy atom. The van der Waals surface area contributed by atoms with Gasteiger partial charge in [0.25, 0.3) is 5.94 Å². The summed E-state index contributed by atoms with van der Waals surface area (Å²) in [6.07, 6.45) is 1.59. The monoisotopic (exact) mass is 86.0 g/mol. The van der Waals surface area contributed by atoms with Gasteiger partial charge in [-0.2, -0.15) is 0 Å². The molecule has 0 atom stereocenters. The van der Waals surface area contributed by atoms with Crippen molar-refractivity contribution in [1.82, 2.24) is 0 Å². The maximum atomic E-state index is 4.48. The molecule has 1 aliphatic heterocycles. The Morgan fingerprint density at radius 3 is 3.00 bits per heavy atom. The lowest BCUT2D eigenvalue weighted by molar-refractivity contribution is 0.387. The molecule has 0 saturated heterocycles. The number of ether oxygens (including phenoxy) is 1. The van der Waals surface area contributed by atoms with Gasteiger partial charge in [-0.15, -0.1) is 0 Å². The van der Waals surface area contributed by atoms with Crippen molar-refractivity contribution in [2.45, 2.75) is 0 Å². The van der Waals surface area contributed by atoms with Gasteiger partial charge in [0.15, 0.2) is 0 Å². The molecule has 26 valence electrons. The van der Waals surface area contributed by atoms with Crippen molar-refractivity contribution in [3.05, 3.63) is 17.6 Å². The van der Waals surface area contributed by atoms with Gasteiger partial charge in [-0.3, -0.25) is 0 Å². The van der Waals surface area contributed by atoms with Crippen LogP contribution in [0.5, 0.6) is 0 Å². The van der Waals surface area contributed by atoms with E-state index >= 15 is 0 Å². The first-order chi connectivity index (χ1) is 2.50. The zero-order valence-electron chi connectivity index (χ0n) is 2.47. The van der Waals surface area contributed by atoms with Gasteiger partial charge in [-0.25, -0.2) is 0 Å². The molecule has 0 unspecified atom stereocenters. The van der Waals surface area contributed by atoms with Crippen molar-refractivity contribution in [3.63, 3.8) is 0 Å². The van der Waals surface area contributed by atoms with Gasteiger partial charge in [0.2, 0.25) is 0 Å². The average molecular weight is 86.1 g/mol.